The van der Waals surface area contributed by atoms with Crippen LogP contribution in [0.4, 0.5) is 0 Å². The van der Waals surface area contributed by atoms with E-state index in [0.717, 1.165) is 18.8 Å². The third-order valence-electron chi connectivity index (χ3n) is 5.56. The molecule has 2 aliphatic rings. The molecule has 0 bridgehead atoms. The molecule has 23 heavy (non-hydrogen) atoms. The van der Waals surface area contributed by atoms with E-state index in [0.29, 0.717) is 13.2 Å². The van der Waals surface area contributed by atoms with Gasteiger partial charge in [-0.05, 0) is 25.7 Å². The molecule has 0 radical (unpaired) electrons. The quantitative estimate of drug-likeness (QED) is 0.484. The van der Waals surface area contributed by atoms with Crippen molar-refractivity contribution >= 4 is 5.97 Å². The van der Waals surface area contributed by atoms with Gasteiger partial charge in [-0.1, -0.05) is 77.0 Å². The second kappa shape index (κ2) is 10.3. The van der Waals surface area contributed by atoms with Crippen molar-refractivity contribution in [3.63, 3.8) is 0 Å². The minimum atomic E-state index is -0.568. The zero-order valence-electron chi connectivity index (χ0n) is 15.1. The van der Waals surface area contributed by atoms with Crippen LogP contribution in [0.1, 0.15) is 96.8 Å². The highest BCUT2D eigenvalue weighted by Crippen LogP contribution is 2.35. The van der Waals surface area contributed by atoms with E-state index in [-0.39, 0.29) is 5.97 Å². The molecular weight excluding hydrogens is 288 g/mol. The summed E-state index contributed by atoms with van der Waals surface area (Å²) < 4.78 is 10.6. The van der Waals surface area contributed by atoms with Gasteiger partial charge in [0.2, 0.25) is 0 Å². The van der Waals surface area contributed by atoms with E-state index in [2.05, 4.69) is 0 Å². The van der Waals surface area contributed by atoms with Crippen molar-refractivity contribution in [3.8, 4) is 0 Å². The Kier molecular flexibility index (Phi) is 8.43. The average molecular weight is 325 g/mol. The molecule has 1 saturated heterocycles. The van der Waals surface area contributed by atoms with Crippen molar-refractivity contribution in [3.05, 3.63) is 0 Å². The van der Waals surface area contributed by atoms with Crippen LogP contribution in [0.2, 0.25) is 0 Å². The Balaban J connectivity index is 1.68. The van der Waals surface area contributed by atoms with Crippen LogP contribution in [-0.4, -0.2) is 24.8 Å². The SMILES string of the molecule is CCOC(=O)C1(CCCC2CCCCCCCCCCC2)CO1. The van der Waals surface area contributed by atoms with Gasteiger partial charge in [-0.3, -0.25) is 0 Å². The van der Waals surface area contributed by atoms with Gasteiger partial charge in [-0.2, -0.15) is 0 Å². The Morgan fingerprint density at radius 2 is 1.52 bits per heavy atom. The summed E-state index contributed by atoms with van der Waals surface area (Å²) in [4.78, 5) is 11.9. The first-order chi connectivity index (χ1) is 11.3. The molecule has 0 aromatic carbocycles. The summed E-state index contributed by atoms with van der Waals surface area (Å²) in [6.45, 7) is 2.88. The van der Waals surface area contributed by atoms with Crippen molar-refractivity contribution in [1.29, 1.82) is 0 Å². The van der Waals surface area contributed by atoms with Gasteiger partial charge in [0.15, 0.2) is 5.60 Å². The minimum absolute atomic E-state index is 0.140. The maximum Gasteiger partial charge on any atom is 0.340 e. The Labute approximate surface area is 142 Å². The van der Waals surface area contributed by atoms with Gasteiger partial charge >= 0.3 is 5.97 Å². The zero-order valence-corrected chi connectivity index (χ0v) is 15.1. The van der Waals surface area contributed by atoms with Crippen LogP contribution in [0.5, 0.6) is 0 Å². The molecule has 0 N–H and O–H groups in total. The fourth-order valence-corrected chi connectivity index (χ4v) is 3.93. The number of esters is 1. The summed E-state index contributed by atoms with van der Waals surface area (Å²) in [7, 11) is 0. The van der Waals surface area contributed by atoms with Crippen molar-refractivity contribution in [2.24, 2.45) is 5.92 Å². The third-order valence-corrected chi connectivity index (χ3v) is 5.56. The smallest absolute Gasteiger partial charge is 0.340 e. The Morgan fingerprint density at radius 1 is 1.00 bits per heavy atom. The first-order valence-electron chi connectivity index (χ1n) is 10.1. The topological polar surface area (TPSA) is 38.8 Å². The van der Waals surface area contributed by atoms with Crippen LogP contribution in [0.3, 0.4) is 0 Å². The maximum atomic E-state index is 11.9. The molecule has 1 heterocycles. The van der Waals surface area contributed by atoms with Crippen molar-refractivity contribution in [2.45, 2.75) is 102 Å². The standard InChI is InChI=1S/C20H36O3/c1-2-22-19(21)20(17-23-20)16-12-15-18-13-10-8-6-4-3-5-7-9-11-14-18/h18H,2-17H2,1H3. The fourth-order valence-electron chi connectivity index (χ4n) is 3.93. The Morgan fingerprint density at radius 3 is 2.00 bits per heavy atom. The predicted molar refractivity (Wildman–Crippen MR) is 93.4 cm³/mol. The van der Waals surface area contributed by atoms with E-state index in [4.69, 9.17) is 9.47 Å². The lowest BCUT2D eigenvalue weighted by molar-refractivity contribution is -0.149. The molecule has 2 fully saturated rings. The molecule has 0 aromatic heterocycles. The molecule has 0 aromatic rings. The molecule has 1 atom stereocenters. The molecule has 1 saturated carbocycles. The first kappa shape index (κ1) is 18.8. The summed E-state index contributed by atoms with van der Waals surface area (Å²) in [5, 5.41) is 0. The summed E-state index contributed by atoms with van der Waals surface area (Å²) in [6, 6.07) is 0. The van der Waals surface area contributed by atoms with Crippen molar-refractivity contribution in [1.82, 2.24) is 0 Å². The number of hydrogen-bond acceptors (Lipinski definition) is 3. The lowest BCUT2D eigenvalue weighted by Gasteiger charge is -2.18. The number of carbonyl (C=O) groups is 1. The van der Waals surface area contributed by atoms with Gasteiger partial charge in [0.1, 0.15) is 0 Å². The van der Waals surface area contributed by atoms with Crippen molar-refractivity contribution in [2.75, 3.05) is 13.2 Å². The number of hydrogen-bond donors (Lipinski definition) is 0. The Hall–Kier alpha value is -0.570. The lowest BCUT2D eigenvalue weighted by Crippen LogP contribution is -2.27. The molecule has 3 nitrogen and oxygen atoms in total. The minimum Gasteiger partial charge on any atom is -0.464 e. The molecule has 0 amide bonds. The highest BCUT2D eigenvalue weighted by Gasteiger charge is 2.53. The molecular formula is C20H36O3. The summed E-state index contributed by atoms with van der Waals surface area (Å²) >= 11 is 0. The van der Waals surface area contributed by atoms with Gasteiger partial charge in [0.25, 0.3) is 0 Å². The van der Waals surface area contributed by atoms with Crippen LogP contribution in [0.15, 0.2) is 0 Å². The summed E-state index contributed by atoms with van der Waals surface area (Å²) in [5.41, 5.74) is -0.568. The van der Waals surface area contributed by atoms with Crippen molar-refractivity contribution < 1.29 is 14.3 Å². The van der Waals surface area contributed by atoms with Crippen LogP contribution in [0.25, 0.3) is 0 Å². The van der Waals surface area contributed by atoms with E-state index >= 15 is 0 Å². The number of carbonyl (C=O) groups excluding carboxylic acids is 1. The highest BCUT2D eigenvalue weighted by atomic mass is 16.6. The molecule has 1 aliphatic heterocycles. The van der Waals surface area contributed by atoms with E-state index in [1.165, 1.54) is 77.0 Å². The largest absolute Gasteiger partial charge is 0.464 e. The summed E-state index contributed by atoms with van der Waals surface area (Å²) in [5.74, 6) is 0.714. The predicted octanol–water partition coefficient (Wildman–Crippen LogP) is 5.41. The van der Waals surface area contributed by atoms with Gasteiger partial charge in [-0.15, -0.1) is 0 Å². The van der Waals surface area contributed by atoms with E-state index < -0.39 is 5.60 Å². The Bertz CT molecular complexity index is 324. The monoisotopic (exact) mass is 324 g/mol. The number of ether oxygens (including phenoxy) is 2. The van der Waals surface area contributed by atoms with Gasteiger partial charge in [-0.25, -0.2) is 4.79 Å². The first-order valence-corrected chi connectivity index (χ1v) is 10.1. The zero-order chi connectivity index (χ0) is 16.4. The van der Waals surface area contributed by atoms with Crippen LogP contribution in [0, 0.1) is 5.92 Å². The number of rotatable bonds is 6. The second-order valence-electron chi connectivity index (χ2n) is 7.52. The van der Waals surface area contributed by atoms with E-state index in [9.17, 15) is 4.79 Å². The summed E-state index contributed by atoms with van der Waals surface area (Å²) in [6.07, 6.45) is 18.7. The molecule has 3 heteroatoms. The lowest BCUT2D eigenvalue weighted by atomic mass is 9.88. The van der Waals surface area contributed by atoms with E-state index in [1.54, 1.807) is 0 Å². The fraction of sp³-hybridized carbons (Fsp3) is 0.950. The van der Waals surface area contributed by atoms with Crippen LogP contribution in [-0.2, 0) is 14.3 Å². The molecule has 0 spiro atoms. The normalized spacial score (nSPS) is 27.7. The molecule has 1 unspecified atom stereocenters. The molecule has 134 valence electrons. The molecule has 2 rings (SSSR count). The molecule has 1 aliphatic carbocycles. The van der Waals surface area contributed by atoms with Crippen LogP contribution < -0.4 is 0 Å². The van der Waals surface area contributed by atoms with Gasteiger partial charge in [0, 0.05) is 0 Å². The van der Waals surface area contributed by atoms with E-state index in [1.807, 2.05) is 6.92 Å². The van der Waals surface area contributed by atoms with Gasteiger partial charge in [0.05, 0.1) is 13.2 Å². The van der Waals surface area contributed by atoms with Crippen LogP contribution >= 0.6 is 0 Å². The average Bonchev–Trinajstić information content (AvgIpc) is 3.31. The highest BCUT2D eigenvalue weighted by molar-refractivity contribution is 5.82. The van der Waals surface area contributed by atoms with Gasteiger partial charge < -0.3 is 9.47 Å². The maximum absolute atomic E-state index is 11.9. The number of epoxide rings is 1. The third kappa shape index (κ3) is 6.82. The second-order valence-corrected chi connectivity index (χ2v) is 7.52.